The molecule has 2 aromatic rings. The molecule has 202 valence electrons. The minimum Gasteiger partial charge on any atom is -0.486 e. The van der Waals surface area contributed by atoms with Crippen molar-refractivity contribution in [3.63, 3.8) is 0 Å². The van der Waals surface area contributed by atoms with E-state index in [0.29, 0.717) is 36.2 Å². The molecule has 0 fully saturated rings. The van der Waals surface area contributed by atoms with Crippen molar-refractivity contribution >= 4 is 39.1 Å². The van der Waals surface area contributed by atoms with Gasteiger partial charge in [0, 0.05) is 23.2 Å². The first kappa shape index (κ1) is 28.6. The van der Waals surface area contributed by atoms with Gasteiger partial charge in [0.2, 0.25) is 21.8 Å². The topological polar surface area (TPSA) is 105 Å². The molecule has 0 spiro atoms. The fourth-order valence-corrected chi connectivity index (χ4v) is 4.93. The van der Waals surface area contributed by atoms with Gasteiger partial charge in [-0.2, -0.15) is 0 Å². The van der Waals surface area contributed by atoms with E-state index >= 15 is 0 Å². The van der Waals surface area contributed by atoms with Crippen LogP contribution >= 0.6 is 11.6 Å². The fraction of sp³-hybridized carbons (Fsp3) is 0.462. The van der Waals surface area contributed by atoms with Crippen molar-refractivity contribution in [2.24, 2.45) is 0 Å². The van der Waals surface area contributed by atoms with Crippen molar-refractivity contribution in [2.45, 2.75) is 52.2 Å². The Labute approximate surface area is 223 Å². The van der Waals surface area contributed by atoms with Gasteiger partial charge in [0.15, 0.2) is 11.5 Å². The van der Waals surface area contributed by atoms with Gasteiger partial charge in [-0.05, 0) is 57.0 Å². The van der Waals surface area contributed by atoms with Crippen LogP contribution in [0.5, 0.6) is 11.5 Å². The maximum atomic E-state index is 13.8. The van der Waals surface area contributed by atoms with Gasteiger partial charge in [-0.3, -0.25) is 13.9 Å². The van der Waals surface area contributed by atoms with Crippen LogP contribution in [-0.2, 0) is 26.2 Å². The van der Waals surface area contributed by atoms with Crippen LogP contribution in [-0.4, -0.2) is 62.7 Å². The zero-order valence-corrected chi connectivity index (χ0v) is 23.4. The molecule has 0 unspecified atom stereocenters. The first-order chi connectivity index (χ1) is 17.3. The second-order valence-electron chi connectivity index (χ2n) is 9.91. The molecule has 1 N–H and O–H groups in total. The summed E-state index contributed by atoms with van der Waals surface area (Å²) in [6, 6.07) is 10.8. The summed E-state index contributed by atoms with van der Waals surface area (Å²) in [5.41, 5.74) is 0.507. The average molecular weight is 552 g/mol. The maximum absolute atomic E-state index is 13.8. The number of nitrogens with zero attached hydrogens (tertiary/aromatic N) is 2. The van der Waals surface area contributed by atoms with E-state index in [9.17, 15) is 18.0 Å². The number of ether oxygens (including phenoxy) is 2. The van der Waals surface area contributed by atoms with E-state index in [-0.39, 0.29) is 18.1 Å². The Bertz CT molecular complexity index is 1230. The Morgan fingerprint density at radius 1 is 1.05 bits per heavy atom. The van der Waals surface area contributed by atoms with Gasteiger partial charge in [0.25, 0.3) is 0 Å². The number of halogens is 1. The molecule has 0 aromatic heterocycles. The number of anilines is 1. The highest BCUT2D eigenvalue weighted by Gasteiger charge is 2.33. The molecule has 1 aliphatic heterocycles. The molecule has 0 bridgehead atoms. The molecule has 1 heterocycles. The van der Waals surface area contributed by atoms with Gasteiger partial charge >= 0.3 is 0 Å². The summed E-state index contributed by atoms with van der Waals surface area (Å²) in [5, 5.41) is 3.48. The predicted molar refractivity (Wildman–Crippen MR) is 144 cm³/mol. The van der Waals surface area contributed by atoms with Crippen LogP contribution in [0.2, 0.25) is 5.02 Å². The number of sulfonamides is 1. The van der Waals surface area contributed by atoms with Gasteiger partial charge < -0.3 is 19.7 Å². The van der Waals surface area contributed by atoms with Crippen LogP contribution < -0.4 is 19.1 Å². The summed E-state index contributed by atoms with van der Waals surface area (Å²) in [6.07, 6.45) is 1.37. The highest BCUT2D eigenvalue weighted by Crippen LogP contribution is 2.34. The van der Waals surface area contributed by atoms with E-state index in [1.165, 1.54) is 11.0 Å². The van der Waals surface area contributed by atoms with Crippen LogP contribution in [0.3, 0.4) is 0 Å². The second kappa shape index (κ2) is 11.6. The highest BCUT2D eigenvalue weighted by atomic mass is 35.5. The monoisotopic (exact) mass is 551 g/mol. The Morgan fingerprint density at radius 3 is 2.24 bits per heavy atom. The second-order valence-corrected chi connectivity index (χ2v) is 12.3. The lowest BCUT2D eigenvalue weighted by molar-refractivity contribution is -0.141. The number of fused-ring (bicyclic) bond motifs is 1. The smallest absolute Gasteiger partial charge is 0.244 e. The van der Waals surface area contributed by atoms with Gasteiger partial charge in [-0.1, -0.05) is 30.7 Å². The zero-order valence-electron chi connectivity index (χ0n) is 21.8. The van der Waals surface area contributed by atoms with E-state index in [0.717, 1.165) is 16.1 Å². The van der Waals surface area contributed by atoms with Crippen molar-refractivity contribution in [1.29, 1.82) is 0 Å². The average Bonchev–Trinajstić information content (AvgIpc) is 2.81. The Kier molecular flexibility index (Phi) is 8.96. The number of carbonyl (C=O) groups is 2. The zero-order chi connectivity index (χ0) is 27.4. The van der Waals surface area contributed by atoms with Crippen molar-refractivity contribution < 1.29 is 27.5 Å². The third-order valence-corrected chi connectivity index (χ3v) is 7.04. The van der Waals surface area contributed by atoms with Crippen LogP contribution in [0.4, 0.5) is 5.69 Å². The Balaban J connectivity index is 1.96. The van der Waals surface area contributed by atoms with Gasteiger partial charge in [-0.25, -0.2) is 8.42 Å². The molecular weight excluding hydrogens is 518 g/mol. The molecule has 1 aliphatic rings. The van der Waals surface area contributed by atoms with E-state index in [4.69, 9.17) is 21.1 Å². The summed E-state index contributed by atoms with van der Waals surface area (Å²) in [6.45, 7) is 7.72. The molecule has 0 radical (unpaired) electrons. The van der Waals surface area contributed by atoms with Gasteiger partial charge in [-0.15, -0.1) is 0 Å². The first-order valence-corrected chi connectivity index (χ1v) is 14.2. The number of hydrogen-bond donors (Lipinski definition) is 1. The van der Waals surface area contributed by atoms with Gasteiger partial charge in [0.1, 0.15) is 25.8 Å². The maximum Gasteiger partial charge on any atom is 0.244 e. The summed E-state index contributed by atoms with van der Waals surface area (Å²) in [7, 11) is -3.86. The minimum absolute atomic E-state index is 0.102. The van der Waals surface area contributed by atoms with Crippen molar-refractivity contribution in [3.05, 3.63) is 53.1 Å². The molecule has 1 atom stereocenters. The Hall–Kier alpha value is -2.98. The van der Waals surface area contributed by atoms with Gasteiger partial charge in [0.05, 0.1) is 11.9 Å². The summed E-state index contributed by atoms with van der Waals surface area (Å²) >= 11 is 6.02. The molecular formula is C26H34ClN3O6S. The quantitative estimate of drug-likeness (QED) is 0.510. The molecule has 3 rings (SSSR count). The molecule has 2 amide bonds. The summed E-state index contributed by atoms with van der Waals surface area (Å²) in [5.74, 6) is 0.0663. The normalized spacial score (nSPS) is 14.0. The van der Waals surface area contributed by atoms with E-state index in [1.807, 2.05) is 27.7 Å². The van der Waals surface area contributed by atoms with Crippen molar-refractivity contribution in [2.75, 3.05) is 30.3 Å². The largest absolute Gasteiger partial charge is 0.486 e. The minimum atomic E-state index is -3.86. The third-order valence-electron chi connectivity index (χ3n) is 5.64. The number of carbonyl (C=O) groups excluding carboxylic acids is 2. The molecule has 11 heteroatoms. The molecule has 37 heavy (non-hydrogen) atoms. The molecule has 0 saturated heterocycles. The predicted octanol–water partition coefficient (Wildman–Crippen LogP) is 3.60. The lowest BCUT2D eigenvalue weighted by atomic mass is 10.1. The van der Waals surface area contributed by atoms with Crippen LogP contribution in [0, 0.1) is 0 Å². The van der Waals surface area contributed by atoms with E-state index in [1.54, 1.807) is 36.4 Å². The number of rotatable bonds is 9. The van der Waals surface area contributed by atoms with Crippen molar-refractivity contribution in [1.82, 2.24) is 10.2 Å². The number of benzene rings is 2. The van der Waals surface area contributed by atoms with Crippen LogP contribution in [0.15, 0.2) is 42.5 Å². The van der Waals surface area contributed by atoms with E-state index < -0.39 is 34.1 Å². The number of hydrogen-bond acceptors (Lipinski definition) is 6. The highest BCUT2D eigenvalue weighted by molar-refractivity contribution is 7.92. The number of nitrogens with one attached hydrogen (secondary N) is 1. The molecule has 2 aromatic carbocycles. The molecule has 0 saturated carbocycles. The van der Waals surface area contributed by atoms with E-state index in [2.05, 4.69) is 5.32 Å². The lowest BCUT2D eigenvalue weighted by Crippen LogP contribution is -2.55. The van der Waals surface area contributed by atoms with Crippen LogP contribution in [0.25, 0.3) is 0 Å². The lowest BCUT2D eigenvalue weighted by Gasteiger charge is -2.34. The first-order valence-electron chi connectivity index (χ1n) is 12.0. The standard InChI is InChI=1S/C26H34ClN3O6S/c1-6-21(25(32)28-26(2,3)4)29(16-18-7-9-19(27)10-8-18)24(31)17-30(37(5,33)34)20-11-12-22-23(15-20)36-14-13-35-22/h7-12,15,21H,6,13-14,16-17H2,1-5H3,(H,28,32)/t21-/m1/s1. The fourth-order valence-electron chi connectivity index (χ4n) is 3.96. The Morgan fingerprint density at radius 2 is 1.68 bits per heavy atom. The van der Waals surface area contributed by atoms with Crippen LogP contribution in [0.1, 0.15) is 39.7 Å². The summed E-state index contributed by atoms with van der Waals surface area (Å²) < 4.78 is 37.7. The third kappa shape index (κ3) is 7.75. The molecule has 9 nitrogen and oxygen atoms in total. The number of amides is 2. The SMILES string of the molecule is CC[C@H](C(=O)NC(C)(C)C)N(Cc1ccc(Cl)cc1)C(=O)CN(c1ccc2c(c1)OCCO2)S(C)(=O)=O. The summed E-state index contributed by atoms with van der Waals surface area (Å²) in [4.78, 5) is 28.4. The molecule has 0 aliphatic carbocycles. The van der Waals surface area contributed by atoms with Crippen molar-refractivity contribution in [3.8, 4) is 11.5 Å².